The quantitative estimate of drug-likeness (QED) is 0.316. The molecule has 0 fully saturated rings. The smallest absolute Gasteiger partial charge is 0.311 e. The highest BCUT2D eigenvalue weighted by Crippen LogP contribution is 2.14. The highest BCUT2D eigenvalue weighted by Gasteiger charge is 2.05. The van der Waals surface area contributed by atoms with Crippen LogP contribution in [0.4, 0.5) is 0 Å². The Hall–Kier alpha value is -2.35. The predicted octanol–water partition coefficient (Wildman–Crippen LogP) is 4.54. The molecular weight excluding hydrogens is 318 g/mol. The Kier molecular flexibility index (Phi) is 10.8. The van der Waals surface area contributed by atoms with E-state index in [1.54, 1.807) is 24.3 Å². The minimum atomic E-state index is -0.247. The molecule has 0 radical (unpaired) electrons. The van der Waals surface area contributed by atoms with Gasteiger partial charge in [-0.05, 0) is 43.5 Å². The van der Waals surface area contributed by atoms with Crippen molar-refractivity contribution in [1.82, 2.24) is 0 Å². The molecule has 0 atom stereocenters. The van der Waals surface area contributed by atoms with Crippen LogP contribution in [0.3, 0.4) is 0 Å². The van der Waals surface area contributed by atoms with Crippen molar-refractivity contribution in [2.24, 2.45) is 0 Å². The van der Waals surface area contributed by atoms with Crippen LogP contribution < -0.4 is 4.74 Å². The third-order valence-electron chi connectivity index (χ3n) is 3.69. The van der Waals surface area contributed by atoms with E-state index in [-0.39, 0.29) is 11.9 Å². The number of unbranched alkanes of at least 4 members (excludes halogenated alkanes) is 5. The van der Waals surface area contributed by atoms with Crippen LogP contribution >= 0.6 is 0 Å². The summed E-state index contributed by atoms with van der Waals surface area (Å²) in [7, 11) is 0. The Balaban J connectivity index is 1.99. The first kappa shape index (κ1) is 20.7. The standard InChI is InChI=1S/C20H27NO4/c1-2-15-24-19(22)9-7-5-3-4-6-8-10-20(23)25-18-13-11-17(16-21)12-14-18/h11-14H,2-10,15H2,1H3. The summed E-state index contributed by atoms with van der Waals surface area (Å²) in [5.74, 6) is 0.120. The van der Waals surface area contributed by atoms with Crippen LogP contribution in [0.5, 0.6) is 5.75 Å². The predicted molar refractivity (Wildman–Crippen MR) is 95.0 cm³/mol. The van der Waals surface area contributed by atoms with E-state index in [0.717, 1.165) is 44.9 Å². The molecule has 0 aromatic heterocycles. The second-order valence-corrected chi connectivity index (χ2v) is 5.95. The number of hydrogen-bond donors (Lipinski definition) is 0. The SMILES string of the molecule is CCCOC(=O)CCCCCCCCC(=O)Oc1ccc(C#N)cc1. The summed E-state index contributed by atoms with van der Waals surface area (Å²) in [5.41, 5.74) is 0.540. The maximum absolute atomic E-state index is 11.7. The van der Waals surface area contributed by atoms with Crippen LogP contribution in [-0.2, 0) is 14.3 Å². The van der Waals surface area contributed by atoms with Crippen LogP contribution in [-0.4, -0.2) is 18.5 Å². The third-order valence-corrected chi connectivity index (χ3v) is 3.69. The van der Waals surface area contributed by atoms with Gasteiger partial charge in [-0.1, -0.05) is 32.6 Å². The maximum Gasteiger partial charge on any atom is 0.311 e. The van der Waals surface area contributed by atoms with Crippen molar-refractivity contribution in [2.45, 2.75) is 64.7 Å². The van der Waals surface area contributed by atoms with Gasteiger partial charge in [-0.25, -0.2) is 0 Å². The Morgan fingerprint density at radius 2 is 1.48 bits per heavy atom. The van der Waals surface area contributed by atoms with E-state index in [2.05, 4.69) is 0 Å². The topological polar surface area (TPSA) is 76.4 Å². The van der Waals surface area contributed by atoms with Gasteiger partial charge in [0, 0.05) is 12.8 Å². The van der Waals surface area contributed by atoms with Gasteiger partial charge in [-0.15, -0.1) is 0 Å². The van der Waals surface area contributed by atoms with E-state index < -0.39 is 0 Å². The first-order valence-corrected chi connectivity index (χ1v) is 9.02. The van der Waals surface area contributed by atoms with Gasteiger partial charge in [0.15, 0.2) is 0 Å². The van der Waals surface area contributed by atoms with Crippen molar-refractivity contribution in [3.63, 3.8) is 0 Å². The molecule has 1 rings (SSSR count). The van der Waals surface area contributed by atoms with Gasteiger partial charge in [0.1, 0.15) is 5.75 Å². The number of nitrogens with zero attached hydrogens (tertiary/aromatic N) is 1. The summed E-state index contributed by atoms with van der Waals surface area (Å²) in [6, 6.07) is 8.52. The molecule has 0 aliphatic rings. The molecule has 136 valence electrons. The first-order chi connectivity index (χ1) is 12.2. The van der Waals surface area contributed by atoms with Gasteiger partial charge in [-0.2, -0.15) is 5.26 Å². The highest BCUT2D eigenvalue weighted by atomic mass is 16.5. The van der Waals surface area contributed by atoms with Crippen LogP contribution in [0.15, 0.2) is 24.3 Å². The van der Waals surface area contributed by atoms with E-state index in [1.165, 1.54) is 0 Å². The van der Waals surface area contributed by atoms with Crippen molar-refractivity contribution < 1.29 is 19.1 Å². The fourth-order valence-electron chi connectivity index (χ4n) is 2.31. The lowest BCUT2D eigenvalue weighted by Crippen LogP contribution is -2.07. The van der Waals surface area contributed by atoms with Gasteiger partial charge in [0.2, 0.25) is 0 Å². The fraction of sp³-hybridized carbons (Fsp3) is 0.550. The first-order valence-electron chi connectivity index (χ1n) is 9.02. The summed E-state index contributed by atoms with van der Waals surface area (Å²) in [6.07, 6.45) is 7.51. The van der Waals surface area contributed by atoms with E-state index in [1.807, 2.05) is 13.0 Å². The average molecular weight is 345 g/mol. The van der Waals surface area contributed by atoms with Crippen molar-refractivity contribution in [2.75, 3.05) is 6.61 Å². The Morgan fingerprint density at radius 1 is 0.920 bits per heavy atom. The molecule has 0 aliphatic carbocycles. The zero-order valence-corrected chi connectivity index (χ0v) is 15.0. The number of ether oxygens (including phenoxy) is 2. The zero-order chi connectivity index (χ0) is 18.3. The number of carbonyl (C=O) groups is 2. The minimum absolute atomic E-state index is 0.104. The van der Waals surface area contributed by atoms with Crippen molar-refractivity contribution in [1.29, 1.82) is 5.26 Å². The van der Waals surface area contributed by atoms with Crippen LogP contribution in [0.25, 0.3) is 0 Å². The molecule has 5 nitrogen and oxygen atoms in total. The molecule has 0 spiro atoms. The molecule has 0 heterocycles. The average Bonchev–Trinajstić information content (AvgIpc) is 2.62. The monoisotopic (exact) mass is 345 g/mol. The molecule has 0 aliphatic heterocycles. The molecule has 0 unspecified atom stereocenters. The molecule has 0 saturated heterocycles. The van der Waals surface area contributed by atoms with Crippen LogP contribution in [0.2, 0.25) is 0 Å². The second kappa shape index (κ2) is 13.0. The lowest BCUT2D eigenvalue weighted by molar-refractivity contribution is -0.143. The number of benzene rings is 1. The van der Waals surface area contributed by atoms with Gasteiger partial charge < -0.3 is 9.47 Å². The van der Waals surface area contributed by atoms with E-state index in [4.69, 9.17) is 14.7 Å². The van der Waals surface area contributed by atoms with E-state index in [0.29, 0.717) is 30.8 Å². The fourth-order valence-corrected chi connectivity index (χ4v) is 2.31. The summed E-state index contributed by atoms with van der Waals surface area (Å²) in [4.78, 5) is 23.0. The van der Waals surface area contributed by atoms with Crippen molar-refractivity contribution in [3.05, 3.63) is 29.8 Å². The summed E-state index contributed by atoms with van der Waals surface area (Å²) in [5, 5.41) is 8.71. The Labute approximate surface area is 149 Å². The molecule has 5 heteroatoms. The lowest BCUT2D eigenvalue weighted by atomic mass is 10.1. The van der Waals surface area contributed by atoms with Crippen molar-refractivity contribution in [3.8, 4) is 11.8 Å². The van der Waals surface area contributed by atoms with Gasteiger partial charge in [-0.3, -0.25) is 9.59 Å². The van der Waals surface area contributed by atoms with E-state index in [9.17, 15) is 9.59 Å². The third kappa shape index (κ3) is 10.2. The molecular formula is C20H27NO4. The Bertz CT molecular complexity index is 560. The minimum Gasteiger partial charge on any atom is -0.466 e. The molecule has 0 bridgehead atoms. The molecule has 25 heavy (non-hydrogen) atoms. The zero-order valence-electron chi connectivity index (χ0n) is 15.0. The normalized spacial score (nSPS) is 10.1. The molecule has 0 saturated carbocycles. The summed E-state index contributed by atoms with van der Waals surface area (Å²) >= 11 is 0. The Morgan fingerprint density at radius 3 is 2.04 bits per heavy atom. The summed E-state index contributed by atoms with van der Waals surface area (Å²) in [6.45, 7) is 2.49. The highest BCUT2D eigenvalue weighted by molar-refractivity contribution is 5.72. The molecule has 0 N–H and O–H groups in total. The number of hydrogen-bond acceptors (Lipinski definition) is 5. The number of esters is 2. The van der Waals surface area contributed by atoms with Crippen LogP contribution in [0, 0.1) is 11.3 Å². The van der Waals surface area contributed by atoms with Crippen molar-refractivity contribution >= 4 is 11.9 Å². The van der Waals surface area contributed by atoms with Gasteiger partial charge >= 0.3 is 11.9 Å². The van der Waals surface area contributed by atoms with Gasteiger partial charge in [0.25, 0.3) is 0 Å². The number of carbonyl (C=O) groups excluding carboxylic acids is 2. The lowest BCUT2D eigenvalue weighted by Gasteiger charge is -2.05. The van der Waals surface area contributed by atoms with Gasteiger partial charge in [0.05, 0.1) is 18.2 Å². The van der Waals surface area contributed by atoms with Crippen LogP contribution in [0.1, 0.15) is 70.3 Å². The molecule has 1 aromatic carbocycles. The summed E-state index contributed by atoms with van der Waals surface area (Å²) < 4.78 is 10.2. The largest absolute Gasteiger partial charge is 0.466 e. The maximum atomic E-state index is 11.7. The number of rotatable bonds is 12. The molecule has 1 aromatic rings. The molecule has 0 amide bonds. The van der Waals surface area contributed by atoms with E-state index >= 15 is 0 Å². The second-order valence-electron chi connectivity index (χ2n) is 5.95. The number of nitriles is 1.